The first-order valence-electron chi connectivity index (χ1n) is 8.23. The van der Waals surface area contributed by atoms with Crippen molar-refractivity contribution in [2.75, 3.05) is 25.4 Å². The van der Waals surface area contributed by atoms with Crippen molar-refractivity contribution in [3.63, 3.8) is 0 Å². The summed E-state index contributed by atoms with van der Waals surface area (Å²) >= 11 is 5.82. The molecular formula is C17H21ClFN3O4. The van der Waals surface area contributed by atoms with Crippen LogP contribution in [0.25, 0.3) is 0 Å². The van der Waals surface area contributed by atoms with E-state index in [9.17, 15) is 18.8 Å². The molecule has 142 valence electrons. The second-order valence-corrected chi connectivity index (χ2v) is 6.70. The summed E-state index contributed by atoms with van der Waals surface area (Å²) in [5, 5.41) is 9.07. The summed E-state index contributed by atoms with van der Waals surface area (Å²) in [6.07, 6.45) is 1.60. The van der Waals surface area contributed by atoms with Gasteiger partial charge in [0, 0.05) is 31.1 Å². The van der Waals surface area contributed by atoms with E-state index >= 15 is 0 Å². The zero-order valence-electron chi connectivity index (χ0n) is 14.4. The first-order valence-corrected chi connectivity index (χ1v) is 8.61. The minimum atomic E-state index is -1.08. The van der Waals surface area contributed by atoms with E-state index in [2.05, 4.69) is 0 Å². The number of hydrogen-bond donors (Lipinski definition) is 2. The quantitative estimate of drug-likeness (QED) is 0.771. The predicted molar refractivity (Wildman–Crippen MR) is 94.4 cm³/mol. The minimum Gasteiger partial charge on any atom is -0.480 e. The average Bonchev–Trinajstić information content (AvgIpc) is 2.80. The lowest BCUT2D eigenvalue weighted by molar-refractivity contribution is -0.145. The third kappa shape index (κ3) is 4.63. The molecule has 2 amide bonds. The summed E-state index contributed by atoms with van der Waals surface area (Å²) in [6, 6.07) is 2.11. The zero-order valence-corrected chi connectivity index (χ0v) is 15.1. The van der Waals surface area contributed by atoms with E-state index < -0.39 is 17.7 Å². The fraction of sp³-hybridized carbons (Fsp3) is 0.471. The lowest BCUT2D eigenvalue weighted by atomic mass is 10.1. The SMILES string of the molecule is CC(=O)N(CC(=O)O)C1CCCN(C(=O)c2cc(Cl)cc(F)c2N)CC1. The summed E-state index contributed by atoms with van der Waals surface area (Å²) < 4.78 is 13.7. The molecular weight excluding hydrogens is 365 g/mol. The average molecular weight is 386 g/mol. The van der Waals surface area contributed by atoms with Gasteiger partial charge in [-0.2, -0.15) is 0 Å². The molecule has 1 aliphatic heterocycles. The number of carbonyl (C=O) groups excluding carboxylic acids is 2. The Morgan fingerprint density at radius 2 is 2.04 bits per heavy atom. The van der Waals surface area contributed by atoms with Gasteiger partial charge in [0.15, 0.2) is 0 Å². The van der Waals surface area contributed by atoms with Gasteiger partial charge in [0.05, 0.1) is 11.3 Å². The van der Waals surface area contributed by atoms with Crippen LogP contribution in [0.15, 0.2) is 12.1 Å². The number of carbonyl (C=O) groups is 3. The molecule has 2 rings (SSSR count). The second kappa shape index (κ2) is 8.35. The van der Waals surface area contributed by atoms with Gasteiger partial charge in [0.1, 0.15) is 12.4 Å². The van der Waals surface area contributed by atoms with Crippen LogP contribution in [0.4, 0.5) is 10.1 Å². The number of nitrogen functional groups attached to an aromatic ring is 1. The molecule has 7 nitrogen and oxygen atoms in total. The molecule has 0 radical (unpaired) electrons. The lowest BCUT2D eigenvalue weighted by Crippen LogP contribution is -2.43. The van der Waals surface area contributed by atoms with E-state index in [0.717, 1.165) is 6.07 Å². The third-order valence-electron chi connectivity index (χ3n) is 4.46. The van der Waals surface area contributed by atoms with Crippen molar-refractivity contribution in [2.45, 2.75) is 32.2 Å². The summed E-state index contributed by atoms with van der Waals surface area (Å²) in [5.74, 6) is -2.59. The molecule has 3 N–H and O–H groups in total. The molecule has 1 saturated heterocycles. The highest BCUT2D eigenvalue weighted by atomic mass is 35.5. The number of carboxylic acid groups (broad SMARTS) is 1. The van der Waals surface area contributed by atoms with Crippen LogP contribution < -0.4 is 5.73 Å². The first-order chi connectivity index (χ1) is 12.2. The maximum atomic E-state index is 13.7. The molecule has 1 aliphatic rings. The van der Waals surface area contributed by atoms with E-state index in [1.54, 1.807) is 0 Å². The number of benzene rings is 1. The molecule has 9 heteroatoms. The molecule has 0 aliphatic carbocycles. The molecule has 0 bridgehead atoms. The summed E-state index contributed by atoms with van der Waals surface area (Å²) in [5.41, 5.74) is 5.42. The van der Waals surface area contributed by atoms with Crippen molar-refractivity contribution >= 4 is 35.1 Å². The number of likely N-dealkylation sites (tertiary alicyclic amines) is 1. The zero-order chi connectivity index (χ0) is 19.4. The van der Waals surface area contributed by atoms with Crippen LogP contribution in [-0.4, -0.2) is 58.4 Å². The summed E-state index contributed by atoms with van der Waals surface area (Å²) in [4.78, 5) is 38.3. The fourth-order valence-electron chi connectivity index (χ4n) is 3.17. The number of amides is 2. The third-order valence-corrected chi connectivity index (χ3v) is 4.68. The van der Waals surface area contributed by atoms with Gasteiger partial charge in [0.2, 0.25) is 5.91 Å². The van der Waals surface area contributed by atoms with E-state index in [-0.39, 0.29) is 34.8 Å². The number of rotatable bonds is 4. The molecule has 0 aromatic heterocycles. The Bertz CT molecular complexity index is 728. The van der Waals surface area contributed by atoms with Crippen molar-refractivity contribution in [3.05, 3.63) is 28.5 Å². The van der Waals surface area contributed by atoms with Crippen LogP contribution in [0.3, 0.4) is 0 Å². The van der Waals surface area contributed by atoms with Gasteiger partial charge >= 0.3 is 5.97 Å². The molecule has 0 saturated carbocycles. The van der Waals surface area contributed by atoms with E-state index in [1.165, 1.54) is 22.8 Å². The maximum Gasteiger partial charge on any atom is 0.323 e. The van der Waals surface area contributed by atoms with Gasteiger partial charge in [-0.05, 0) is 31.4 Å². The number of halogens is 2. The molecule has 1 aromatic carbocycles. The Labute approximate surface area is 155 Å². The van der Waals surface area contributed by atoms with Gasteiger partial charge in [-0.3, -0.25) is 14.4 Å². The highest BCUT2D eigenvalue weighted by Crippen LogP contribution is 2.25. The Morgan fingerprint density at radius 3 is 2.65 bits per heavy atom. The normalized spacial score (nSPS) is 17.5. The van der Waals surface area contributed by atoms with Crippen molar-refractivity contribution in [1.29, 1.82) is 0 Å². The number of anilines is 1. The van der Waals surface area contributed by atoms with E-state index in [1.807, 2.05) is 0 Å². The van der Waals surface area contributed by atoms with Gasteiger partial charge < -0.3 is 20.6 Å². The lowest BCUT2D eigenvalue weighted by Gasteiger charge is -2.29. The van der Waals surface area contributed by atoms with Crippen LogP contribution in [-0.2, 0) is 9.59 Å². The number of nitrogens with two attached hydrogens (primary N) is 1. The fourth-order valence-corrected chi connectivity index (χ4v) is 3.37. The number of nitrogens with zero attached hydrogens (tertiary/aromatic N) is 2. The monoisotopic (exact) mass is 385 g/mol. The summed E-state index contributed by atoms with van der Waals surface area (Å²) in [6.45, 7) is 1.66. The van der Waals surface area contributed by atoms with Crippen LogP contribution in [0.1, 0.15) is 36.5 Å². The predicted octanol–water partition coefficient (Wildman–Crippen LogP) is 1.99. The number of aliphatic carboxylic acids is 1. The van der Waals surface area contributed by atoms with E-state index in [0.29, 0.717) is 32.4 Å². The maximum absolute atomic E-state index is 13.7. The molecule has 1 aromatic rings. The second-order valence-electron chi connectivity index (χ2n) is 6.27. The Balaban J connectivity index is 2.14. The van der Waals surface area contributed by atoms with Crippen molar-refractivity contribution in [2.24, 2.45) is 0 Å². The molecule has 1 atom stereocenters. The highest BCUT2D eigenvalue weighted by molar-refractivity contribution is 6.31. The van der Waals surface area contributed by atoms with Crippen LogP contribution in [0.5, 0.6) is 0 Å². The molecule has 1 heterocycles. The van der Waals surface area contributed by atoms with Gasteiger partial charge in [-0.1, -0.05) is 11.6 Å². The van der Waals surface area contributed by atoms with E-state index in [4.69, 9.17) is 22.4 Å². The van der Waals surface area contributed by atoms with Crippen LogP contribution in [0, 0.1) is 5.82 Å². The Kier molecular flexibility index (Phi) is 6.42. The van der Waals surface area contributed by atoms with Gasteiger partial charge in [0.25, 0.3) is 5.91 Å². The van der Waals surface area contributed by atoms with Crippen molar-refractivity contribution < 1.29 is 23.9 Å². The smallest absolute Gasteiger partial charge is 0.323 e. The van der Waals surface area contributed by atoms with Gasteiger partial charge in [-0.15, -0.1) is 0 Å². The number of hydrogen-bond acceptors (Lipinski definition) is 4. The van der Waals surface area contributed by atoms with Crippen LogP contribution in [0.2, 0.25) is 5.02 Å². The Hall–Kier alpha value is -2.35. The molecule has 1 fully saturated rings. The standard InChI is InChI=1S/C17H21ClFN3O4/c1-10(23)22(9-15(24)25)12-3-2-5-21(6-4-12)17(26)13-7-11(18)8-14(19)16(13)20/h7-8,12H,2-6,9,20H2,1H3,(H,24,25). The Morgan fingerprint density at radius 1 is 1.35 bits per heavy atom. The highest BCUT2D eigenvalue weighted by Gasteiger charge is 2.28. The van der Waals surface area contributed by atoms with Gasteiger partial charge in [-0.25, -0.2) is 4.39 Å². The molecule has 0 spiro atoms. The molecule has 26 heavy (non-hydrogen) atoms. The molecule has 1 unspecified atom stereocenters. The largest absolute Gasteiger partial charge is 0.480 e. The number of carboxylic acids is 1. The minimum absolute atomic E-state index is 0.00223. The first kappa shape index (κ1) is 20.0. The summed E-state index contributed by atoms with van der Waals surface area (Å²) in [7, 11) is 0. The van der Waals surface area contributed by atoms with Crippen molar-refractivity contribution in [3.8, 4) is 0 Å². The van der Waals surface area contributed by atoms with Crippen LogP contribution >= 0.6 is 11.6 Å². The van der Waals surface area contributed by atoms with Crippen molar-refractivity contribution in [1.82, 2.24) is 9.80 Å². The topological polar surface area (TPSA) is 104 Å².